The summed E-state index contributed by atoms with van der Waals surface area (Å²) < 4.78 is 0. The van der Waals surface area contributed by atoms with Gasteiger partial charge in [0.1, 0.15) is 0 Å². The molecule has 1 aliphatic rings. The van der Waals surface area contributed by atoms with Crippen molar-refractivity contribution in [1.29, 1.82) is 0 Å². The van der Waals surface area contributed by atoms with Gasteiger partial charge in [-0.3, -0.25) is 0 Å². The SMILES string of the molecule is CCc1ccccc1CNC1CCc2ccccc21. The molecule has 1 N–H and O–H groups in total. The standard InChI is InChI=1S/C18H21N/c1-2-14-7-3-4-9-16(14)13-19-18-12-11-15-8-5-6-10-17(15)18/h3-10,18-19H,2,11-13H2,1H3. The minimum atomic E-state index is 0.529. The van der Waals surface area contributed by atoms with Crippen molar-refractivity contribution < 1.29 is 0 Å². The molecule has 0 radical (unpaired) electrons. The first-order valence-corrected chi connectivity index (χ1v) is 7.26. The van der Waals surface area contributed by atoms with Crippen molar-refractivity contribution in [2.75, 3.05) is 0 Å². The molecule has 0 fully saturated rings. The van der Waals surface area contributed by atoms with Crippen LogP contribution in [-0.4, -0.2) is 0 Å². The predicted molar refractivity (Wildman–Crippen MR) is 80.2 cm³/mol. The normalized spacial score (nSPS) is 17.4. The zero-order valence-electron chi connectivity index (χ0n) is 11.5. The molecule has 0 spiro atoms. The number of hydrogen-bond acceptors (Lipinski definition) is 1. The maximum Gasteiger partial charge on any atom is 0.0329 e. The van der Waals surface area contributed by atoms with Gasteiger partial charge in [0.15, 0.2) is 0 Å². The van der Waals surface area contributed by atoms with Crippen LogP contribution in [0.25, 0.3) is 0 Å². The fraction of sp³-hybridized carbons (Fsp3) is 0.333. The van der Waals surface area contributed by atoms with E-state index in [1.54, 1.807) is 0 Å². The first-order chi connectivity index (χ1) is 9.38. The van der Waals surface area contributed by atoms with Crippen LogP contribution in [0.2, 0.25) is 0 Å². The third-order valence-electron chi connectivity index (χ3n) is 4.17. The van der Waals surface area contributed by atoms with Gasteiger partial charge in [-0.05, 0) is 41.5 Å². The van der Waals surface area contributed by atoms with E-state index >= 15 is 0 Å². The monoisotopic (exact) mass is 251 g/mol. The Kier molecular flexibility index (Phi) is 3.65. The molecule has 0 aromatic heterocycles. The highest BCUT2D eigenvalue weighted by molar-refractivity contribution is 5.34. The van der Waals surface area contributed by atoms with Crippen LogP contribution in [-0.2, 0) is 19.4 Å². The minimum absolute atomic E-state index is 0.529. The van der Waals surface area contributed by atoms with Gasteiger partial charge in [-0.1, -0.05) is 55.5 Å². The van der Waals surface area contributed by atoms with Crippen LogP contribution in [0.3, 0.4) is 0 Å². The molecule has 0 saturated heterocycles. The van der Waals surface area contributed by atoms with Crippen LogP contribution in [0.5, 0.6) is 0 Å². The molecule has 3 rings (SSSR count). The third-order valence-corrected chi connectivity index (χ3v) is 4.17. The lowest BCUT2D eigenvalue weighted by Crippen LogP contribution is -2.19. The lowest BCUT2D eigenvalue weighted by atomic mass is 10.0. The first kappa shape index (κ1) is 12.4. The van der Waals surface area contributed by atoms with Crippen molar-refractivity contribution in [2.45, 2.75) is 38.8 Å². The van der Waals surface area contributed by atoms with Crippen molar-refractivity contribution >= 4 is 0 Å². The van der Waals surface area contributed by atoms with Crippen molar-refractivity contribution in [3.05, 3.63) is 70.8 Å². The molecule has 1 aliphatic carbocycles. The van der Waals surface area contributed by atoms with Crippen LogP contribution in [0.1, 0.15) is 41.6 Å². The van der Waals surface area contributed by atoms with Crippen LogP contribution in [0, 0.1) is 0 Å². The first-order valence-electron chi connectivity index (χ1n) is 7.26. The number of nitrogens with one attached hydrogen (secondary N) is 1. The summed E-state index contributed by atoms with van der Waals surface area (Å²) in [4.78, 5) is 0. The van der Waals surface area contributed by atoms with E-state index in [1.165, 1.54) is 35.1 Å². The number of aryl methyl sites for hydroxylation is 2. The molecule has 2 aromatic carbocycles. The fourth-order valence-corrected chi connectivity index (χ4v) is 3.08. The second-order valence-electron chi connectivity index (χ2n) is 5.29. The summed E-state index contributed by atoms with van der Waals surface area (Å²) >= 11 is 0. The van der Waals surface area contributed by atoms with E-state index in [9.17, 15) is 0 Å². The lowest BCUT2D eigenvalue weighted by Gasteiger charge is -2.15. The predicted octanol–water partition coefficient (Wildman–Crippen LogP) is 4.03. The molecule has 2 aromatic rings. The molecule has 0 bridgehead atoms. The molecule has 0 saturated carbocycles. The molecule has 0 aliphatic heterocycles. The summed E-state index contributed by atoms with van der Waals surface area (Å²) in [6.07, 6.45) is 3.55. The summed E-state index contributed by atoms with van der Waals surface area (Å²) in [6, 6.07) is 18.1. The van der Waals surface area contributed by atoms with Crippen LogP contribution in [0.15, 0.2) is 48.5 Å². The Morgan fingerprint density at radius 2 is 1.74 bits per heavy atom. The van der Waals surface area contributed by atoms with Crippen molar-refractivity contribution in [1.82, 2.24) is 5.32 Å². The van der Waals surface area contributed by atoms with E-state index in [2.05, 4.69) is 60.8 Å². The Morgan fingerprint density at radius 3 is 2.58 bits per heavy atom. The van der Waals surface area contributed by atoms with Gasteiger partial charge in [0, 0.05) is 12.6 Å². The van der Waals surface area contributed by atoms with Crippen molar-refractivity contribution in [3.8, 4) is 0 Å². The van der Waals surface area contributed by atoms with Gasteiger partial charge in [0.2, 0.25) is 0 Å². The quantitative estimate of drug-likeness (QED) is 0.865. The molecular formula is C18H21N. The van der Waals surface area contributed by atoms with Gasteiger partial charge in [0.05, 0.1) is 0 Å². The summed E-state index contributed by atoms with van der Waals surface area (Å²) in [5.41, 5.74) is 5.91. The van der Waals surface area contributed by atoms with E-state index in [0.717, 1.165) is 13.0 Å². The van der Waals surface area contributed by atoms with Gasteiger partial charge in [-0.25, -0.2) is 0 Å². The Bertz CT molecular complexity index is 559. The van der Waals surface area contributed by atoms with E-state index in [-0.39, 0.29) is 0 Å². The Labute approximate surface area is 115 Å². The van der Waals surface area contributed by atoms with Crippen molar-refractivity contribution in [3.63, 3.8) is 0 Å². The van der Waals surface area contributed by atoms with Crippen LogP contribution in [0.4, 0.5) is 0 Å². The number of benzene rings is 2. The molecule has 0 heterocycles. The van der Waals surface area contributed by atoms with Gasteiger partial charge >= 0.3 is 0 Å². The Hall–Kier alpha value is -1.60. The average molecular weight is 251 g/mol. The lowest BCUT2D eigenvalue weighted by molar-refractivity contribution is 0.529. The summed E-state index contributed by atoms with van der Waals surface area (Å²) in [7, 11) is 0. The highest BCUT2D eigenvalue weighted by Crippen LogP contribution is 2.31. The molecule has 1 unspecified atom stereocenters. The van der Waals surface area contributed by atoms with Gasteiger partial charge in [-0.15, -0.1) is 0 Å². The van der Waals surface area contributed by atoms with Crippen LogP contribution >= 0.6 is 0 Å². The summed E-state index contributed by atoms with van der Waals surface area (Å²) in [5, 5.41) is 3.73. The minimum Gasteiger partial charge on any atom is -0.306 e. The number of hydrogen-bond donors (Lipinski definition) is 1. The Balaban J connectivity index is 1.71. The number of rotatable bonds is 4. The highest BCUT2D eigenvalue weighted by atomic mass is 14.9. The molecule has 0 amide bonds. The molecule has 1 heteroatoms. The van der Waals surface area contributed by atoms with Gasteiger partial charge in [0.25, 0.3) is 0 Å². The molecular weight excluding hydrogens is 230 g/mol. The Morgan fingerprint density at radius 1 is 1.00 bits per heavy atom. The zero-order chi connectivity index (χ0) is 13.1. The highest BCUT2D eigenvalue weighted by Gasteiger charge is 2.21. The largest absolute Gasteiger partial charge is 0.306 e. The van der Waals surface area contributed by atoms with Gasteiger partial charge in [-0.2, -0.15) is 0 Å². The summed E-state index contributed by atoms with van der Waals surface area (Å²) in [6.45, 7) is 3.20. The van der Waals surface area contributed by atoms with Gasteiger partial charge < -0.3 is 5.32 Å². The van der Waals surface area contributed by atoms with E-state index in [0.29, 0.717) is 6.04 Å². The molecule has 1 nitrogen and oxygen atoms in total. The molecule has 98 valence electrons. The molecule has 19 heavy (non-hydrogen) atoms. The van der Waals surface area contributed by atoms with Crippen LogP contribution < -0.4 is 5.32 Å². The third kappa shape index (κ3) is 2.57. The van der Waals surface area contributed by atoms with E-state index < -0.39 is 0 Å². The number of fused-ring (bicyclic) bond motifs is 1. The summed E-state index contributed by atoms with van der Waals surface area (Å²) in [5.74, 6) is 0. The maximum absolute atomic E-state index is 3.73. The topological polar surface area (TPSA) is 12.0 Å². The maximum atomic E-state index is 3.73. The van der Waals surface area contributed by atoms with Crippen molar-refractivity contribution in [2.24, 2.45) is 0 Å². The average Bonchev–Trinajstić information content (AvgIpc) is 2.89. The fourth-order valence-electron chi connectivity index (χ4n) is 3.08. The van der Waals surface area contributed by atoms with E-state index in [1.807, 2.05) is 0 Å². The smallest absolute Gasteiger partial charge is 0.0329 e. The second-order valence-corrected chi connectivity index (χ2v) is 5.29. The second kappa shape index (κ2) is 5.58. The molecule has 1 atom stereocenters. The van der Waals surface area contributed by atoms with E-state index in [4.69, 9.17) is 0 Å². The zero-order valence-corrected chi connectivity index (χ0v) is 11.5.